The highest BCUT2D eigenvalue weighted by Crippen LogP contribution is 2.35. The van der Waals surface area contributed by atoms with E-state index in [4.69, 9.17) is 9.79 Å². The summed E-state index contributed by atoms with van der Waals surface area (Å²) in [4.78, 5) is 17.5. The van der Waals surface area contributed by atoms with Crippen molar-refractivity contribution in [3.05, 3.63) is 36.5 Å². The van der Waals surface area contributed by atoms with Gasteiger partial charge in [0.1, 0.15) is 0 Å². The normalized spacial score (nSPS) is 13.0. The largest absolute Gasteiger partial charge is 0.325 e. The first-order chi connectivity index (χ1) is 10.6. The van der Waals surface area contributed by atoms with E-state index in [0.717, 1.165) is 38.5 Å². The van der Waals surface area contributed by atoms with Crippen molar-refractivity contribution >= 4 is 7.60 Å². The van der Waals surface area contributed by atoms with Gasteiger partial charge in [-0.25, -0.2) is 0 Å². The Balaban J connectivity index is 3.27. The maximum atomic E-state index is 10.7. The van der Waals surface area contributed by atoms with Crippen LogP contribution in [0.3, 0.4) is 0 Å². The van der Waals surface area contributed by atoms with Gasteiger partial charge in [-0.1, -0.05) is 69.1 Å². The minimum Gasteiger partial charge on any atom is -0.324 e. The van der Waals surface area contributed by atoms with Gasteiger partial charge < -0.3 is 9.79 Å². The first-order valence-corrected chi connectivity index (χ1v) is 10.4. The first-order valence-electron chi connectivity index (χ1n) is 8.56. The van der Waals surface area contributed by atoms with Crippen LogP contribution >= 0.6 is 7.60 Å². The second-order valence-electron chi connectivity index (χ2n) is 5.59. The molecule has 0 aromatic rings. The third-order valence-corrected chi connectivity index (χ3v) is 4.25. The van der Waals surface area contributed by atoms with Crippen molar-refractivity contribution in [1.82, 2.24) is 0 Å². The van der Waals surface area contributed by atoms with E-state index in [2.05, 4.69) is 43.4 Å². The predicted molar refractivity (Wildman–Crippen MR) is 96.2 cm³/mol. The number of allylic oxidation sites excluding steroid dienone is 6. The summed E-state index contributed by atoms with van der Waals surface area (Å²) >= 11 is 0. The summed E-state index contributed by atoms with van der Waals surface area (Å²) in [5, 5.41) is 0. The van der Waals surface area contributed by atoms with E-state index in [1.54, 1.807) is 0 Å². The average Bonchev–Trinajstić information content (AvgIpc) is 2.45. The van der Waals surface area contributed by atoms with E-state index < -0.39 is 7.60 Å². The molecule has 0 aromatic carbocycles. The summed E-state index contributed by atoms with van der Waals surface area (Å²) in [6.45, 7) is 2.14. The van der Waals surface area contributed by atoms with Crippen LogP contribution in [-0.4, -0.2) is 15.9 Å². The molecular weight excluding hydrogens is 295 g/mol. The predicted octanol–water partition coefficient (Wildman–Crippen LogP) is 5.75. The van der Waals surface area contributed by atoms with Gasteiger partial charge in [0.25, 0.3) is 0 Å². The summed E-state index contributed by atoms with van der Waals surface area (Å²) in [5.74, 6) is 0. The van der Waals surface area contributed by atoms with E-state index in [1.165, 1.54) is 19.3 Å². The van der Waals surface area contributed by atoms with Crippen LogP contribution < -0.4 is 0 Å². The lowest BCUT2D eigenvalue weighted by molar-refractivity contribution is 0.370. The Morgan fingerprint density at radius 1 is 0.727 bits per heavy atom. The van der Waals surface area contributed by atoms with Crippen molar-refractivity contribution in [3.63, 3.8) is 0 Å². The highest BCUT2D eigenvalue weighted by molar-refractivity contribution is 7.51. The monoisotopic (exact) mass is 328 g/mol. The average molecular weight is 328 g/mol. The zero-order chi connectivity index (χ0) is 16.5. The van der Waals surface area contributed by atoms with Gasteiger partial charge in [-0.05, 0) is 38.5 Å². The van der Waals surface area contributed by atoms with E-state index in [-0.39, 0.29) is 6.16 Å². The Kier molecular flexibility index (Phi) is 14.8. The Morgan fingerprint density at radius 3 is 1.82 bits per heavy atom. The van der Waals surface area contributed by atoms with Crippen molar-refractivity contribution in [2.75, 3.05) is 6.16 Å². The second kappa shape index (κ2) is 15.3. The molecule has 2 N–H and O–H groups in total. The van der Waals surface area contributed by atoms with Crippen LogP contribution in [0.2, 0.25) is 0 Å². The first kappa shape index (κ1) is 21.4. The summed E-state index contributed by atoms with van der Waals surface area (Å²) < 4.78 is 10.7. The maximum absolute atomic E-state index is 10.7. The number of rotatable bonds is 14. The van der Waals surface area contributed by atoms with Gasteiger partial charge >= 0.3 is 7.60 Å². The minimum absolute atomic E-state index is 0.0392. The minimum atomic E-state index is -3.77. The quantitative estimate of drug-likeness (QED) is 0.242. The SMILES string of the molecule is CCC=CCC=CCC=CCCCCCCCCP(=O)(O)O. The molecular formula is C18H33O3P. The standard InChI is InChI=1S/C18H33O3P/c1-2-3-4-5-6-7-8-9-10-11-12-13-14-15-16-17-18-22(19,20)21/h3-4,6-7,9-10H,2,5,8,11-18H2,1H3,(H2,19,20,21). The zero-order valence-electron chi connectivity index (χ0n) is 14.0. The van der Waals surface area contributed by atoms with E-state index in [0.29, 0.717) is 6.42 Å². The molecule has 0 radical (unpaired) electrons. The molecule has 128 valence electrons. The molecule has 0 rings (SSSR count). The Bertz CT molecular complexity index is 367. The van der Waals surface area contributed by atoms with Crippen LogP contribution in [0.25, 0.3) is 0 Å². The molecule has 0 aromatic heterocycles. The maximum Gasteiger partial charge on any atom is 0.325 e. The number of hydrogen-bond donors (Lipinski definition) is 2. The summed E-state index contributed by atoms with van der Waals surface area (Å²) in [7, 11) is -3.77. The fraction of sp³-hybridized carbons (Fsp3) is 0.667. The van der Waals surface area contributed by atoms with Crippen molar-refractivity contribution < 1.29 is 14.4 Å². The molecule has 0 amide bonds. The molecule has 0 fully saturated rings. The molecule has 0 bridgehead atoms. The number of unbranched alkanes of at least 4 members (excludes halogenated alkanes) is 6. The fourth-order valence-electron chi connectivity index (χ4n) is 2.11. The Morgan fingerprint density at radius 2 is 1.23 bits per heavy atom. The van der Waals surface area contributed by atoms with Gasteiger partial charge in [-0.2, -0.15) is 0 Å². The molecule has 22 heavy (non-hydrogen) atoms. The molecule has 3 nitrogen and oxygen atoms in total. The summed E-state index contributed by atoms with van der Waals surface area (Å²) in [5.41, 5.74) is 0. The van der Waals surface area contributed by atoms with E-state index in [1.807, 2.05) is 0 Å². The lowest BCUT2D eigenvalue weighted by atomic mass is 10.1. The zero-order valence-corrected chi connectivity index (χ0v) is 14.9. The smallest absolute Gasteiger partial charge is 0.324 e. The lowest BCUT2D eigenvalue weighted by Crippen LogP contribution is -1.88. The lowest BCUT2D eigenvalue weighted by Gasteiger charge is -2.03. The molecule has 0 aliphatic heterocycles. The third-order valence-electron chi connectivity index (χ3n) is 3.35. The molecule has 0 saturated heterocycles. The van der Waals surface area contributed by atoms with Gasteiger partial charge in [0, 0.05) is 6.16 Å². The van der Waals surface area contributed by atoms with Crippen molar-refractivity contribution in [1.29, 1.82) is 0 Å². The number of hydrogen-bond acceptors (Lipinski definition) is 1. The van der Waals surface area contributed by atoms with Crippen LogP contribution in [-0.2, 0) is 4.57 Å². The highest BCUT2D eigenvalue weighted by atomic mass is 31.2. The second-order valence-corrected chi connectivity index (χ2v) is 7.37. The molecule has 4 heteroatoms. The Hall–Kier alpha value is -0.630. The summed E-state index contributed by atoms with van der Waals surface area (Å²) in [6.07, 6.45) is 23.8. The summed E-state index contributed by atoms with van der Waals surface area (Å²) in [6, 6.07) is 0. The van der Waals surface area contributed by atoms with Crippen molar-refractivity contribution in [2.24, 2.45) is 0 Å². The molecule has 0 saturated carbocycles. The molecule has 0 atom stereocenters. The topological polar surface area (TPSA) is 57.5 Å². The van der Waals surface area contributed by atoms with E-state index in [9.17, 15) is 4.57 Å². The van der Waals surface area contributed by atoms with Crippen LogP contribution in [0.15, 0.2) is 36.5 Å². The van der Waals surface area contributed by atoms with Crippen molar-refractivity contribution in [2.45, 2.75) is 71.1 Å². The van der Waals surface area contributed by atoms with Gasteiger partial charge in [-0.3, -0.25) is 4.57 Å². The third kappa shape index (κ3) is 19.4. The van der Waals surface area contributed by atoms with Crippen LogP contribution in [0, 0.1) is 0 Å². The molecule has 0 spiro atoms. The molecule has 0 aliphatic carbocycles. The van der Waals surface area contributed by atoms with Gasteiger partial charge in [0.05, 0.1) is 0 Å². The Labute approximate surface area is 136 Å². The fourth-order valence-corrected chi connectivity index (χ4v) is 2.75. The van der Waals surface area contributed by atoms with Gasteiger partial charge in [-0.15, -0.1) is 0 Å². The van der Waals surface area contributed by atoms with Crippen LogP contribution in [0.1, 0.15) is 71.1 Å². The van der Waals surface area contributed by atoms with Gasteiger partial charge in [0.2, 0.25) is 0 Å². The van der Waals surface area contributed by atoms with E-state index >= 15 is 0 Å². The van der Waals surface area contributed by atoms with Crippen LogP contribution in [0.5, 0.6) is 0 Å². The highest BCUT2D eigenvalue weighted by Gasteiger charge is 2.10. The molecule has 0 aliphatic rings. The molecule has 0 heterocycles. The van der Waals surface area contributed by atoms with Crippen LogP contribution in [0.4, 0.5) is 0 Å². The molecule has 0 unspecified atom stereocenters. The van der Waals surface area contributed by atoms with Crippen molar-refractivity contribution in [3.8, 4) is 0 Å². The van der Waals surface area contributed by atoms with Gasteiger partial charge in [0.15, 0.2) is 0 Å².